The molecule has 2 amide bonds. The van der Waals surface area contributed by atoms with Crippen LogP contribution in [0.2, 0.25) is 0 Å². The van der Waals surface area contributed by atoms with E-state index in [4.69, 9.17) is 16.1 Å². The predicted octanol–water partition coefficient (Wildman–Crippen LogP) is 0.0590. The molecule has 3 atom stereocenters. The van der Waals surface area contributed by atoms with Gasteiger partial charge in [-0.3, -0.25) is 9.59 Å². The number of nitrogens with one attached hydrogen (secondary N) is 1. The molecule has 0 aromatic heterocycles. The molecule has 0 aromatic rings. The molecule has 0 radical (unpaired) electrons. The van der Waals surface area contributed by atoms with Gasteiger partial charge in [0.25, 0.3) is 0 Å². The number of aliphatic hydroxyl groups excluding tert-OH is 1. The van der Waals surface area contributed by atoms with E-state index in [0.717, 1.165) is 12.8 Å². The van der Waals surface area contributed by atoms with E-state index in [-0.39, 0.29) is 12.5 Å². The summed E-state index contributed by atoms with van der Waals surface area (Å²) in [5.74, 6) is -1.56. The van der Waals surface area contributed by atoms with Crippen molar-refractivity contribution < 1.29 is 14.7 Å². The molecule has 0 saturated heterocycles. The summed E-state index contributed by atoms with van der Waals surface area (Å²) in [6, 6.07) is 1.38. The van der Waals surface area contributed by atoms with Crippen LogP contribution < -0.4 is 11.1 Å². The van der Waals surface area contributed by atoms with Crippen LogP contribution in [0.4, 0.5) is 0 Å². The normalized spacial score (nSPS) is 24.2. The maximum atomic E-state index is 12.1. The molecule has 1 rings (SSSR count). The Morgan fingerprint density at radius 2 is 2.00 bits per heavy atom. The van der Waals surface area contributed by atoms with Gasteiger partial charge in [0, 0.05) is 18.4 Å². The van der Waals surface area contributed by atoms with Gasteiger partial charge >= 0.3 is 0 Å². The first-order valence-electron chi connectivity index (χ1n) is 6.70. The Hall–Kier alpha value is -1.61. The summed E-state index contributed by atoms with van der Waals surface area (Å²) in [4.78, 5) is 23.5. The van der Waals surface area contributed by atoms with E-state index in [9.17, 15) is 9.59 Å². The van der Waals surface area contributed by atoms with Crippen LogP contribution in [0.15, 0.2) is 0 Å². The number of carbonyl (C=O) groups excluding carboxylic acids is 2. The van der Waals surface area contributed by atoms with Gasteiger partial charge in [0.2, 0.25) is 11.8 Å². The van der Waals surface area contributed by atoms with Gasteiger partial charge < -0.3 is 16.2 Å². The highest BCUT2D eigenvalue weighted by atomic mass is 16.3. The lowest BCUT2D eigenvalue weighted by Crippen LogP contribution is -2.45. The quantitative estimate of drug-likeness (QED) is 0.630. The second-order valence-corrected chi connectivity index (χ2v) is 4.96. The van der Waals surface area contributed by atoms with Crippen molar-refractivity contribution >= 4 is 11.8 Å². The van der Waals surface area contributed by atoms with E-state index in [1.165, 1.54) is 0 Å². The maximum Gasteiger partial charge on any atom is 0.224 e. The molecule has 4 N–H and O–H groups in total. The standard InChI is InChI=1S/C13H21N3O3/c14-8-9(4-3-7-17)16-13(19)11-6-2-1-5-10(11)12(15)18/h9-11,17H,1-7H2,(H2,15,18)(H,16,19)/t9?,10-,11+/m0/s1. The first kappa shape index (κ1) is 15.4. The molecule has 1 unspecified atom stereocenters. The van der Waals surface area contributed by atoms with Gasteiger partial charge in [0.15, 0.2) is 0 Å². The van der Waals surface area contributed by atoms with Crippen molar-refractivity contribution in [3.05, 3.63) is 0 Å². The number of carbonyl (C=O) groups is 2. The average molecular weight is 267 g/mol. The molecule has 0 bridgehead atoms. The smallest absolute Gasteiger partial charge is 0.224 e. The largest absolute Gasteiger partial charge is 0.396 e. The number of rotatable bonds is 6. The summed E-state index contributed by atoms with van der Waals surface area (Å²) in [5, 5.41) is 20.3. The summed E-state index contributed by atoms with van der Waals surface area (Å²) in [6.45, 7) is -0.0125. The lowest BCUT2D eigenvalue weighted by molar-refractivity contribution is -0.135. The van der Waals surface area contributed by atoms with Crippen LogP contribution in [0.1, 0.15) is 38.5 Å². The summed E-state index contributed by atoms with van der Waals surface area (Å²) < 4.78 is 0. The maximum absolute atomic E-state index is 12.1. The van der Waals surface area contributed by atoms with E-state index in [0.29, 0.717) is 25.7 Å². The Morgan fingerprint density at radius 3 is 2.53 bits per heavy atom. The molecule has 1 aliphatic carbocycles. The highest BCUT2D eigenvalue weighted by Crippen LogP contribution is 2.30. The number of nitrogens with two attached hydrogens (primary N) is 1. The molecule has 0 spiro atoms. The zero-order valence-corrected chi connectivity index (χ0v) is 11.0. The van der Waals surface area contributed by atoms with Crippen LogP contribution in [0.3, 0.4) is 0 Å². The minimum Gasteiger partial charge on any atom is -0.396 e. The summed E-state index contributed by atoms with van der Waals surface area (Å²) >= 11 is 0. The fraction of sp³-hybridized carbons (Fsp3) is 0.769. The molecule has 6 nitrogen and oxygen atoms in total. The van der Waals surface area contributed by atoms with E-state index >= 15 is 0 Å². The number of primary amides is 1. The van der Waals surface area contributed by atoms with Gasteiger partial charge in [-0.1, -0.05) is 12.8 Å². The van der Waals surface area contributed by atoms with E-state index < -0.39 is 23.8 Å². The molecule has 19 heavy (non-hydrogen) atoms. The van der Waals surface area contributed by atoms with Crippen molar-refractivity contribution in [2.75, 3.05) is 6.61 Å². The molecule has 1 fully saturated rings. The first-order valence-corrected chi connectivity index (χ1v) is 6.70. The van der Waals surface area contributed by atoms with Crippen LogP contribution in [-0.2, 0) is 9.59 Å². The van der Waals surface area contributed by atoms with Gasteiger partial charge in [0.1, 0.15) is 6.04 Å². The third kappa shape index (κ3) is 4.52. The van der Waals surface area contributed by atoms with Gasteiger partial charge in [-0.2, -0.15) is 5.26 Å². The zero-order chi connectivity index (χ0) is 14.3. The fourth-order valence-electron chi connectivity index (χ4n) is 2.53. The summed E-state index contributed by atoms with van der Waals surface area (Å²) in [7, 11) is 0. The Bertz CT molecular complexity index is 365. The third-order valence-corrected chi connectivity index (χ3v) is 3.59. The second-order valence-electron chi connectivity index (χ2n) is 4.96. The Morgan fingerprint density at radius 1 is 1.37 bits per heavy atom. The lowest BCUT2D eigenvalue weighted by atomic mass is 9.78. The second kappa shape index (κ2) is 7.74. The third-order valence-electron chi connectivity index (χ3n) is 3.59. The average Bonchev–Trinajstić information content (AvgIpc) is 2.43. The van der Waals surface area contributed by atoms with Crippen LogP contribution >= 0.6 is 0 Å². The van der Waals surface area contributed by atoms with Crippen molar-refractivity contribution in [3.63, 3.8) is 0 Å². The van der Waals surface area contributed by atoms with Gasteiger partial charge in [-0.05, 0) is 25.7 Å². The molecule has 0 heterocycles. The number of hydrogen-bond donors (Lipinski definition) is 3. The Kier molecular flexibility index (Phi) is 6.30. The number of aliphatic hydroxyl groups is 1. The number of hydrogen-bond acceptors (Lipinski definition) is 4. The van der Waals surface area contributed by atoms with E-state index in [1.54, 1.807) is 0 Å². The monoisotopic (exact) mass is 267 g/mol. The van der Waals surface area contributed by atoms with Gasteiger partial charge in [-0.15, -0.1) is 0 Å². The Balaban J connectivity index is 2.59. The van der Waals surface area contributed by atoms with Crippen molar-refractivity contribution in [1.82, 2.24) is 5.32 Å². The number of nitrogens with zero attached hydrogens (tertiary/aromatic N) is 1. The minimum absolute atomic E-state index is 0.0125. The van der Waals surface area contributed by atoms with Crippen LogP contribution in [0.5, 0.6) is 0 Å². The number of nitriles is 1. The highest BCUT2D eigenvalue weighted by molar-refractivity contribution is 5.87. The van der Waals surface area contributed by atoms with Crippen LogP contribution in [-0.4, -0.2) is 29.6 Å². The van der Waals surface area contributed by atoms with E-state index in [2.05, 4.69) is 5.32 Å². The van der Waals surface area contributed by atoms with Crippen molar-refractivity contribution in [1.29, 1.82) is 5.26 Å². The highest BCUT2D eigenvalue weighted by Gasteiger charge is 2.35. The van der Waals surface area contributed by atoms with Crippen molar-refractivity contribution in [2.45, 2.75) is 44.6 Å². The SMILES string of the molecule is N#CC(CCCO)NC(=O)[C@@H]1CCCC[C@@H]1C(N)=O. The summed E-state index contributed by atoms with van der Waals surface area (Å²) in [6.07, 6.45) is 3.95. The van der Waals surface area contributed by atoms with Gasteiger partial charge in [0.05, 0.1) is 6.07 Å². The molecular formula is C13H21N3O3. The van der Waals surface area contributed by atoms with Crippen molar-refractivity contribution in [2.24, 2.45) is 17.6 Å². The molecule has 106 valence electrons. The van der Waals surface area contributed by atoms with Crippen LogP contribution in [0, 0.1) is 23.2 Å². The minimum atomic E-state index is -0.616. The molecule has 0 aromatic carbocycles. The molecule has 6 heteroatoms. The summed E-state index contributed by atoms with van der Waals surface area (Å²) in [5.41, 5.74) is 5.32. The van der Waals surface area contributed by atoms with E-state index in [1.807, 2.05) is 6.07 Å². The lowest BCUT2D eigenvalue weighted by Gasteiger charge is -2.28. The van der Waals surface area contributed by atoms with Crippen molar-refractivity contribution in [3.8, 4) is 6.07 Å². The van der Waals surface area contributed by atoms with Gasteiger partial charge in [-0.25, -0.2) is 0 Å². The molecule has 1 saturated carbocycles. The fourth-order valence-corrected chi connectivity index (χ4v) is 2.53. The molecular weight excluding hydrogens is 246 g/mol. The topological polar surface area (TPSA) is 116 Å². The zero-order valence-electron chi connectivity index (χ0n) is 11.0. The molecule has 0 aliphatic heterocycles. The molecule has 1 aliphatic rings. The predicted molar refractivity (Wildman–Crippen MR) is 68.5 cm³/mol. The first-order chi connectivity index (χ1) is 9.10. The van der Waals surface area contributed by atoms with Crippen LogP contribution in [0.25, 0.3) is 0 Å². The Labute approximate surface area is 113 Å². The number of amides is 2.